The van der Waals surface area contributed by atoms with Crippen LogP contribution in [0, 0.1) is 6.92 Å². The highest BCUT2D eigenvalue weighted by Crippen LogP contribution is 2.32. The summed E-state index contributed by atoms with van der Waals surface area (Å²) < 4.78 is 16.6. The number of nitrogens with one attached hydrogen (secondary N) is 1. The summed E-state index contributed by atoms with van der Waals surface area (Å²) in [6, 6.07) is 12.0. The van der Waals surface area contributed by atoms with E-state index in [0.29, 0.717) is 29.1 Å². The number of carbonyl (C=O) groups excluding carboxylic acids is 2. The van der Waals surface area contributed by atoms with Gasteiger partial charge < -0.3 is 19.2 Å². The standard InChI is InChI=1S/C27H29NO6S/c1-17-23(13-12-20-19-10-6-7-11-21(19)25(29)34-24(17)20)33-26(30)22(14-15-35-2)28-27(31)32-16-18-8-4-3-5-9-18/h3-5,8-9,12-13,22H,6-7,10-11,14-16H2,1-2H3,(H,28,31). The summed E-state index contributed by atoms with van der Waals surface area (Å²) in [5.41, 5.74) is 3.33. The molecule has 0 fully saturated rings. The minimum Gasteiger partial charge on any atom is -0.445 e. The van der Waals surface area contributed by atoms with Crippen molar-refractivity contribution in [2.75, 3.05) is 12.0 Å². The summed E-state index contributed by atoms with van der Waals surface area (Å²) in [7, 11) is 0. The number of fused-ring (bicyclic) bond motifs is 3. The number of thioether (sulfide) groups is 1. The van der Waals surface area contributed by atoms with Crippen molar-refractivity contribution >= 4 is 34.8 Å². The van der Waals surface area contributed by atoms with Gasteiger partial charge in [0.05, 0.1) is 0 Å². The Hall–Kier alpha value is -3.26. The molecule has 0 saturated carbocycles. The predicted molar refractivity (Wildman–Crippen MR) is 136 cm³/mol. The monoisotopic (exact) mass is 495 g/mol. The molecule has 1 aromatic heterocycles. The van der Waals surface area contributed by atoms with Crippen LogP contribution < -0.4 is 15.7 Å². The van der Waals surface area contributed by atoms with Crippen LogP contribution in [-0.4, -0.2) is 30.1 Å². The third kappa shape index (κ3) is 5.88. The van der Waals surface area contributed by atoms with Crippen LogP contribution >= 0.6 is 11.8 Å². The van der Waals surface area contributed by atoms with Crippen molar-refractivity contribution in [1.29, 1.82) is 0 Å². The van der Waals surface area contributed by atoms with Crippen LogP contribution in [0.4, 0.5) is 4.79 Å². The molecule has 0 saturated heterocycles. The van der Waals surface area contributed by atoms with Crippen molar-refractivity contribution in [2.24, 2.45) is 0 Å². The van der Waals surface area contributed by atoms with Gasteiger partial charge in [-0.1, -0.05) is 30.3 Å². The van der Waals surface area contributed by atoms with Crippen molar-refractivity contribution in [3.63, 3.8) is 0 Å². The molecule has 0 bridgehead atoms. The Labute approximate surface area is 208 Å². The summed E-state index contributed by atoms with van der Waals surface area (Å²) >= 11 is 1.56. The summed E-state index contributed by atoms with van der Waals surface area (Å²) in [4.78, 5) is 37.9. The first kappa shape index (κ1) is 24.9. The van der Waals surface area contributed by atoms with Crippen LogP contribution in [0.2, 0.25) is 0 Å². The van der Waals surface area contributed by atoms with E-state index in [-0.39, 0.29) is 12.2 Å². The molecule has 7 nitrogen and oxygen atoms in total. The Kier molecular flexibility index (Phi) is 8.13. The van der Waals surface area contributed by atoms with Crippen LogP contribution in [0.3, 0.4) is 0 Å². The number of aryl methyl sites for hydroxylation is 2. The van der Waals surface area contributed by atoms with Gasteiger partial charge in [-0.25, -0.2) is 14.4 Å². The fourth-order valence-corrected chi connectivity index (χ4v) is 4.78. The molecular formula is C27H29NO6S. The molecule has 2 aromatic carbocycles. The Morgan fingerprint density at radius 3 is 2.57 bits per heavy atom. The Morgan fingerprint density at radius 2 is 1.83 bits per heavy atom. The van der Waals surface area contributed by atoms with E-state index < -0.39 is 18.1 Å². The van der Waals surface area contributed by atoms with Crippen molar-refractivity contribution in [3.8, 4) is 5.75 Å². The lowest BCUT2D eigenvalue weighted by molar-refractivity contribution is -0.136. The van der Waals surface area contributed by atoms with Gasteiger partial charge in [-0.3, -0.25) is 0 Å². The van der Waals surface area contributed by atoms with E-state index in [1.807, 2.05) is 42.7 Å². The number of esters is 1. The number of hydrogen-bond acceptors (Lipinski definition) is 7. The Balaban J connectivity index is 1.50. The van der Waals surface area contributed by atoms with Gasteiger partial charge in [-0.2, -0.15) is 11.8 Å². The second kappa shape index (κ2) is 11.4. The minimum atomic E-state index is -0.878. The smallest absolute Gasteiger partial charge is 0.408 e. The number of ether oxygens (including phenoxy) is 2. The predicted octanol–water partition coefficient (Wildman–Crippen LogP) is 4.93. The third-order valence-corrected chi connectivity index (χ3v) is 6.84. The molecule has 1 aliphatic rings. The largest absolute Gasteiger partial charge is 0.445 e. The SMILES string of the molecule is CSCCC(NC(=O)OCc1ccccc1)C(=O)Oc1ccc2c3c(c(=O)oc2c1C)CCCC3. The number of rotatable bonds is 8. The summed E-state index contributed by atoms with van der Waals surface area (Å²) in [6.07, 6.45) is 5.20. The Bertz CT molecular complexity index is 1270. The number of hydrogen-bond donors (Lipinski definition) is 1. The van der Waals surface area contributed by atoms with E-state index in [4.69, 9.17) is 13.9 Å². The summed E-state index contributed by atoms with van der Waals surface area (Å²) in [5.74, 6) is 0.352. The molecule has 35 heavy (non-hydrogen) atoms. The maximum Gasteiger partial charge on any atom is 0.408 e. The molecule has 184 valence electrons. The van der Waals surface area contributed by atoms with Gasteiger partial charge in [0.15, 0.2) is 0 Å². The lowest BCUT2D eigenvalue weighted by Gasteiger charge is -2.19. The first-order valence-corrected chi connectivity index (χ1v) is 13.1. The molecule has 1 heterocycles. The van der Waals surface area contributed by atoms with Crippen LogP contribution in [0.25, 0.3) is 11.0 Å². The zero-order valence-corrected chi connectivity index (χ0v) is 20.7. The highest BCUT2D eigenvalue weighted by atomic mass is 32.2. The molecule has 1 unspecified atom stereocenters. The van der Waals surface area contributed by atoms with Crippen molar-refractivity contribution in [2.45, 2.75) is 51.7 Å². The average molecular weight is 496 g/mol. The maximum absolute atomic E-state index is 13.0. The molecule has 3 aromatic rings. The third-order valence-electron chi connectivity index (χ3n) is 6.20. The first-order valence-electron chi connectivity index (χ1n) is 11.7. The van der Waals surface area contributed by atoms with Gasteiger partial charge >= 0.3 is 17.7 Å². The molecule has 0 spiro atoms. The van der Waals surface area contributed by atoms with E-state index in [9.17, 15) is 14.4 Å². The molecular weight excluding hydrogens is 466 g/mol. The second-order valence-electron chi connectivity index (χ2n) is 8.58. The molecule has 0 radical (unpaired) electrons. The molecule has 4 rings (SSSR count). The fourth-order valence-electron chi connectivity index (χ4n) is 4.31. The van der Waals surface area contributed by atoms with Crippen molar-refractivity contribution < 1.29 is 23.5 Å². The normalized spacial score (nSPS) is 13.7. The molecule has 0 aliphatic heterocycles. The molecule has 1 amide bonds. The van der Waals surface area contributed by atoms with E-state index >= 15 is 0 Å². The van der Waals surface area contributed by atoms with Crippen LogP contribution in [0.1, 0.15) is 41.5 Å². The van der Waals surface area contributed by atoms with Gasteiger partial charge in [0, 0.05) is 16.5 Å². The van der Waals surface area contributed by atoms with Crippen molar-refractivity contribution in [1.82, 2.24) is 5.32 Å². The van der Waals surface area contributed by atoms with Gasteiger partial charge in [0.2, 0.25) is 0 Å². The van der Waals surface area contributed by atoms with Gasteiger partial charge in [-0.15, -0.1) is 0 Å². The van der Waals surface area contributed by atoms with Crippen LogP contribution in [-0.2, 0) is 29.0 Å². The van der Waals surface area contributed by atoms with E-state index in [1.165, 1.54) is 0 Å². The molecule has 1 aliphatic carbocycles. The van der Waals surface area contributed by atoms with E-state index in [1.54, 1.807) is 24.8 Å². The maximum atomic E-state index is 13.0. The van der Waals surface area contributed by atoms with E-state index in [2.05, 4.69) is 5.32 Å². The van der Waals surface area contributed by atoms with Gasteiger partial charge in [-0.05, 0) is 74.3 Å². The minimum absolute atomic E-state index is 0.101. The number of alkyl carbamates (subject to hydrolysis) is 1. The Morgan fingerprint density at radius 1 is 1.09 bits per heavy atom. The molecule has 8 heteroatoms. The van der Waals surface area contributed by atoms with Crippen molar-refractivity contribution in [3.05, 3.63) is 75.1 Å². The zero-order chi connectivity index (χ0) is 24.8. The van der Waals surface area contributed by atoms with Gasteiger partial charge in [0.1, 0.15) is 24.0 Å². The number of amides is 1. The van der Waals surface area contributed by atoms with E-state index in [0.717, 1.165) is 47.8 Å². The molecule has 1 atom stereocenters. The average Bonchev–Trinajstić information content (AvgIpc) is 2.88. The highest BCUT2D eigenvalue weighted by Gasteiger charge is 2.25. The number of carbonyl (C=O) groups is 2. The topological polar surface area (TPSA) is 94.8 Å². The zero-order valence-electron chi connectivity index (χ0n) is 19.9. The highest BCUT2D eigenvalue weighted by molar-refractivity contribution is 7.98. The van der Waals surface area contributed by atoms with Crippen LogP contribution in [0.5, 0.6) is 5.75 Å². The van der Waals surface area contributed by atoms with Crippen LogP contribution in [0.15, 0.2) is 51.7 Å². The lowest BCUT2D eigenvalue weighted by atomic mass is 9.90. The number of benzene rings is 2. The summed E-state index contributed by atoms with van der Waals surface area (Å²) in [5, 5.41) is 3.51. The fraction of sp³-hybridized carbons (Fsp3) is 0.370. The first-order chi connectivity index (χ1) is 17.0. The van der Waals surface area contributed by atoms with Gasteiger partial charge in [0.25, 0.3) is 0 Å². The second-order valence-corrected chi connectivity index (χ2v) is 9.57. The quantitative estimate of drug-likeness (QED) is 0.269. The summed E-state index contributed by atoms with van der Waals surface area (Å²) in [6.45, 7) is 1.87. The molecule has 1 N–H and O–H groups in total. The lowest BCUT2D eigenvalue weighted by Crippen LogP contribution is -2.43.